The summed E-state index contributed by atoms with van der Waals surface area (Å²) in [5.74, 6) is 0. The molecular weight excluding hydrogens is 769 g/mol. The summed E-state index contributed by atoms with van der Waals surface area (Å²) >= 11 is 0. The van der Waals surface area contributed by atoms with Gasteiger partial charge in [-0.15, -0.1) is 0 Å². The van der Waals surface area contributed by atoms with Gasteiger partial charge in [0.05, 0.1) is 0 Å². The highest BCUT2D eigenvalue weighted by atomic mass is 14.5. The maximum atomic E-state index is 2.69. The molecule has 0 heteroatoms. The highest BCUT2D eigenvalue weighted by Crippen LogP contribution is 2.59. The minimum atomic E-state index is 0.00861. The van der Waals surface area contributed by atoms with Crippen LogP contribution in [0.25, 0.3) is 98.4 Å². The van der Waals surface area contributed by atoms with Crippen molar-refractivity contribution in [3.8, 4) is 44.5 Å². The molecule has 0 saturated heterocycles. The Bertz CT molecular complexity index is 3150. The molecule has 0 N–H and O–H groups in total. The van der Waals surface area contributed by atoms with Crippen LogP contribution in [-0.4, -0.2) is 0 Å². The molecule has 12 rings (SSSR count). The van der Waals surface area contributed by atoms with Gasteiger partial charge in [-0.2, -0.15) is 0 Å². The fourth-order valence-electron chi connectivity index (χ4n) is 13.5. The quantitative estimate of drug-likeness (QED) is 0.0757. The van der Waals surface area contributed by atoms with Crippen molar-refractivity contribution in [1.82, 2.24) is 0 Å². The van der Waals surface area contributed by atoms with E-state index in [-0.39, 0.29) is 10.8 Å². The maximum Gasteiger partial charge on any atom is 0.0215 e. The average molecular weight is 829 g/mol. The van der Waals surface area contributed by atoms with Gasteiger partial charge in [0.2, 0.25) is 0 Å². The molecule has 0 atom stereocenters. The van der Waals surface area contributed by atoms with Gasteiger partial charge in [0.15, 0.2) is 0 Å². The number of unbranched alkanes of at least 4 members (excludes halogenated alkanes) is 4. The highest BCUT2D eigenvalue weighted by molar-refractivity contribution is 6.43. The van der Waals surface area contributed by atoms with Crippen LogP contribution in [0.5, 0.6) is 0 Å². The van der Waals surface area contributed by atoms with Crippen LogP contribution in [0.15, 0.2) is 146 Å². The third kappa shape index (κ3) is 5.47. The van der Waals surface area contributed by atoms with E-state index < -0.39 is 0 Å². The lowest BCUT2D eigenvalue weighted by Crippen LogP contribution is -2.25. The summed E-state index contributed by atoms with van der Waals surface area (Å²) in [6, 6.07) is 58.0. The van der Waals surface area contributed by atoms with Crippen molar-refractivity contribution in [1.29, 1.82) is 0 Å². The number of benzene rings is 10. The molecule has 0 fully saturated rings. The first-order chi connectivity index (χ1) is 31.6. The maximum absolute atomic E-state index is 2.69. The molecule has 2 aliphatic carbocycles. The Morgan fingerprint density at radius 3 is 1.11 bits per heavy atom. The third-order valence-electron chi connectivity index (χ3n) is 16.4. The Balaban J connectivity index is 1.22. The summed E-state index contributed by atoms with van der Waals surface area (Å²) in [5, 5.41) is 13.8. The Hall–Kier alpha value is -5.98. The fraction of sp³-hybridized carbons (Fsp3) is 0.281. The molecule has 0 amide bonds. The van der Waals surface area contributed by atoms with E-state index in [1.54, 1.807) is 22.3 Å². The van der Waals surface area contributed by atoms with Crippen LogP contribution in [0.2, 0.25) is 0 Å². The molecule has 316 valence electrons. The number of rotatable bonds is 14. The van der Waals surface area contributed by atoms with Crippen LogP contribution in [0.3, 0.4) is 0 Å². The monoisotopic (exact) mass is 828 g/mol. The van der Waals surface area contributed by atoms with E-state index in [9.17, 15) is 0 Å². The number of fused-ring (bicyclic) bond motifs is 7. The van der Waals surface area contributed by atoms with Crippen LogP contribution in [0.4, 0.5) is 0 Å². The Labute approximate surface area is 380 Å². The van der Waals surface area contributed by atoms with Gasteiger partial charge in [-0.25, -0.2) is 0 Å². The SMILES string of the molecule is CCCCC1(CCCC)c2ccccc2-c2ccc(-c3c(-c4ccc5c(c4)C(CCCC)(CCCC)c4ccccc4-5)c4ccc5cccc6c7cccc8ccc3c(c87)c4c56)cc21. The van der Waals surface area contributed by atoms with Crippen LogP contribution >= 0.6 is 0 Å². The summed E-state index contributed by atoms with van der Waals surface area (Å²) in [6.45, 7) is 9.47. The van der Waals surface area contributed by atoms with Gasteiger partial charge in [0, 0.05) is 10.8 Å². The summed E-state index contributed by atoms with van der Waals surface area (Å²) < 4.78 is 0. The molecule has 0 aliphatic heterocycles. The first kappa shape index (κ1) is 39.6. The summed E-state index contributed by atoms with van der Waals surface area (Å²) in [5.41, 5.74) is 17.4. The lowest BCUT2D eigenvalue weighted by molar-refractivity contribution is 0.414. The Morgan fingerprint density at radius 1 is 0.312 bits per heavy atom. The van der Waals surface area contributed by atoms with Gasteiger partial charge < -0.3 is 0 Å². The molecule has 0 heterocycles. The van der Waals surface area contributed by atoms with Gasteiger partial charge in [0.1, 0.15) is 0 Å². The van der Waals surface area contributed by atoms with E-state index in [0.717, 1.165) is 0 Å². The predicted molar refractivity (Wildman–Crippen MR) is 278 cm³/mol. The molecule has 10 aromatic rings. The van der Waals surface area contributed by atoms with E-state index in [1.807, 2.05) is 0 Å². The topological polar surface area (TPSA) is 0 Å². The minimum Gasteiger partial charge on any atom is -0.0654 e. The van der Waals surface area contributed by atoms with Gasteiger partial charge in [-0.1, -0.05) is 213 Å². The first-order valence-electron chi connectivity index (χ1n) is 24.9. The smallest absolute Gasteiger partial charge is 0.0215 e. The first-order valence-corrected chi connectivity index (χ1v) is 24.9. The van der Waals surface area contributed by atoms with Crippen molar-refractivity contribution < 1.29 is 0 Å². The molecule has 10 aromatic carbocycles. The molecule has 0 spiro atoms. The third-order valence-corrected chi connectivity index (χ3v) is 16.4. The second kappa shape index (κ2) is 15.3. The van der Waals surface area contributed by atoms with Gasteiger partial charge in [0.25, 0.3) is 0 Å². The molecule has 0 unspecified atom stereocenters. The highest BCUT2D eigenvalue weighted by Gasteiger charge is 2.44. The minimum absolute atomic E-state index is 0.00861. The van der Waals surface area contributed by atoms with Crippen molar-refractivity contribution >= 4 is 53.9 Å². The van der Waals surface area contributed by atoms with Crippen LogP contribution in [-0.2, 0) is 10.8 Å². The van der Waals surface area contributed by atoms with Crippen molar-refractivity contribution in [2.45, 2.75) is 116 Å². The predicted octanol–water partition coefficient (Wildman–Crippen LogP) is 19.0. The standard InChI is InChI=1S/C64H60/c1-5-9-35-63(36-10-6-2)53-25-15-13-21-45(53)47-31-29-43(39-55(47)63)59-51-33-27-41-19-17-23-49-50-24-18-20-42-28-34-52(62(58(42)50)61(51)57(41)49)60(59)44-30-32-48-46-22-14-16-26-54(46)64(37-11-7-3,38-12-8-4)56(48)40-44/h13-34,39-40H,5-12,35-38H2,1-4H3. The van der Waals surface area contributed by atoms with Crippen LogP contribution in [0.1, 0.15) is 127 Å². The second-order valence-electron chi connectivity index (χ2n) is 19.7. The number of hydrogen-bond acceptors (Lipinski definition) is 0. The van der Waals surface area contributed by atoms with Gasteiger partial charge >= 0.3 is 0 Å². The van der Waals surface area contributed by atoms with E-state index >= 15 is 0 Å². The van der Waals surface area contributed by atoms with Crippen molar-refractivity contribution in [3.63, 3.8) is 0 Å². The van der Waals surface area contributed by atoms with Crippen molar-refractivity contribution in [2.75, 3.05) is 0 Å². The van der Waals surface area contributed by atoms with Crippen LogP contribution in [0, 0.1) is 0 Å². The van der Waals surface area contributed by atoms with Crippen molar-refractivity contribution in [3.05, 3.63) is 168 Å². The molecule has 0 radical (unpaired) electrons. The van der Waals surface area contributed by atoms with E-state index in [0.29, 0.717) is 0 Å². The molecule has 0 bridgehead atoms. The Morgan fingerprint density at radius 2 is 0.703 bits per heavy atom. The summed E-state index contributed by atoms with van der Waals surface area (Å²) in [4.78, 5) is 0. The molecule has 0 saturated carbocycles. The molecule has 64 heavy (non-hydrogen) atoms. The fourth-order valence-corrected chi connectivity index (χ4v) is 13.5. The summed E-state index contributed by atoms with van der Waals surface area (Å²) in [6.07, 6.45) is 14.5. The summed E-state index contributed by atoms with van der Waals surface area (Å²) in [7, 11) is 0. The molecule has 0 nitrogen and oxygen atoms in total. The number of hydrogen-bond donors (Lipinski definition) is 0. The average Bonchev–Trinajstić information content (AvgIpc) is 3.78. The second-order valence-corrected chi connectivity index (χ2v) is 19.7. The van der Waals surface area contributed by atoms with E-state index in [4.69, 9.17) is 0 Å². The molecule has 0 aromatic heterocycles. The van der Waals surface area contributed by atoms with Crippen molar-refractivity contribution in [2.24, 2.45) is 0 Å². The zero-order valence-electron chi connectivity index (χ0n) is 38.3. The zero-order valence-corrected chi connectivity index (χ0v) is 38.3. The zero-order chi connectivity index (χ0) is 43.2. The normalized spacial score (nSPS) is 14.6. The lowest BCUT2D eigenvalue weighted by atomic mass is 9.70. The largest absolute Gasteiger partial charge is 0.0654 e. The lowest BCUT2D eigenvalue weighted by Gasteiger charge is -2.33. The van der Waals surface area contributed by atoms with E-state index in [1.165, 1.54) is 175 Å². The Kier molecular flexibility index (Phi) is 9.49. The van der Waals surface area contributed by atoms with Gasteiger partial charge in [-0.3, -0.25) is 0 Å². The van der Waals surface area contributed by atoms with Gasteiger partial charge in [-0.05, 0) is 158 Å². The molecule has 2 aliphatic rings. The van der Waals surface area contributed by atoms with Crippen LogP contribution < -0.4 is 0 Å². The van der Waals surface area contributed by atoms with E-state index in [2.05, 4.69) is 173 Å². The molecular formula is C64H60.